The van der Waals surface area contributed by atoms with E-state index in [2.05, 4.69) is 5.10 Å². The molecule has 0 aromatic heterocycles. The SMILES string of the molecule is CCC=NN(I)c1cccc([N+](=O)[O-])c1. The summed E-state index contributed by atoms with van der Waals surface area (Å²) in [5.74, 6) is 0. The van der Waals surface area contributed by atoms with E-state index in [1.54, 1.807) is 21.6 Å². The summed E-state index contributed by atoms with van der Waals surface area (Å²) in [6, 6.07) is 6.35. The zero-order valence-electron chi connectivity index (χ0n) is 8.13. The van der Waals surface area contributed by atoms with Gasteiger partial charge in [-0.25, -0.2) is 3.22 Å². The highest BCUT2D eigenvalue weighted by molar-refractivity contribution is 14.1. The van der Waals surface area contributed by atoms with Crippen molar-refractivity contribution in [3.8, 4) is 0 Å². The Labute approximate surface area is 101 Å². The zero-order valence-corrected chi connectivity index (χ0v) is 10.3. The summed E-state index contributed by atoms with van der Waals surface area (Å²) in [5.41, 5.74) is 0.760. The molecule has 80 valence electrons. The number of anilines is 1. The molecule has 0 bridgehead atoms. The van der Waals surface area contributed by atoms with Gasteiger partial charge in [-0.05, 0) is 12.5 Å². The molecule has 1 rings (SSSR count). The monoisotopic (exact) mass is 319 g/mol. The van der Waals surface area contributed by atoms with Crippen LogP contribution in [0.3, 0.4) is 0 Å². The van der Waals surface area contributed by atoms with Crippen LogP contribution in [0.15, 0.2) is 29.4 Å². The Balaban J connectivity index is 2.90. The largest absolute Gasteiger partial charge is 0.271 e. The van der Waals surface area contributed by atoms with Crippen LogP contribution in [0.4, 0.5) is 11.4 Å². The summed E-state index contributed by atoms with van der Waals surface area (Å²) >= 11 is 1.98. The van der Waals surface area contributed by atoms with Crippen molar-refractivity contribution >= 4 is 40.5 Å². The first-order valence-electron chi connectivity index (χ1n) is 4.38. The van der Waals surface area contributed by atoms with Crippen LogP contribution in [0.1, 0.15) is 13.3 Å². The summed E-state index contributed by atoms with van der Waals surface area (Å²) in [4.78, 5) is 10.1. The fraction of sp³-hybridized carbons (Fsp3) is 0.222. The Morgan fingerprint density at radius 2 is 2.40 bits per heavy atom. The number of hydrogen-bond acceptors (Lipinski definition) is 4. The molecule has 15 heavy (non-hydrogen) atoms. The lowest BCUT2D eigenvalue weighted by Crippen LogP contribution is -2.00. The molecule has 0 unspecified atom stereocenters. The quantitative estimate of drug-likeness (QED) is 0.282. The van der Waals surface area contributed by atoms with Crippen LogP contribution in [0, 0.1) is 10.1 Å². The van der Waals surface area contributed by atoms with Crippen LogP contribution < -0.4 is 3.22 Å². The molecule has 0 N–H and O–H groups in total. The van der Waals surface area contributed by atoms with E-state index < -0.39 is 4.92 Å². The lowest BCUT2D eigenvalue weighted by atomic mass is 10.3. The highest BCUT2D eigenvalue weighted by Crippen LogP contribution is 2.23. The first-order chi connectivity index (χ1) is 7.15. The summed E-state index contributed by atoms with van der Waals surface area (Å²) in [5, 5.41) is 14.6. The van der Waals surface area contributed by atoms with Crippen molar-refractivity contribution in [1.29, 1.82) is 0 Å². The normalized spacial score (nSPS) is 10.5. The lowest BCUT2D eigenvalue weighted by molar-refractivity contribution is -0.384. The minimum absolute atomic E-state index is 0.0702. The second-order valence-corrected chi connectivity index (χ2v) is 3.66. The number of benzene rings is 1. The minimum atomic E-state index is -0.419. The van der Waals surface area contributed by atoms with Gasteiger partial charge in [-0.3, -0.25) is 10.1 Å². The van der Waals surface area contributed by atoms with Gasteiger partial charge in [-0.1, -0.05) is 13.0 Å². The van der Waals surface area contributed by atoms with E-state index in [0.717, 1.165) is 6.42 Å². The molecule has 0 amide bonds. The minimum Gasteiger partial charge on any atom is -0.258 e. The molecule has 1 aromatic rings. The highest BCUT2D eigenvalue weighted by atomic mass is 127. The van der Waals surface area contributed by atoms with Crippen molar-refractivity contribution in [3.63, 3.8) is 0 Å². The molecule has 6 heteroatoms. The van der Waals surface area contributed by atoms with E-state index in [4.69, 9.17) is 0 Å². The molecule has 1 aromatic carbocycles. The van der Waals surface area contributed by atoms with Crippen molar-refractivity contribution in [1.82, 2.24) is 0 Å². The van der Waals surface area contributed by atoms with E-state index in [-0.39, 0.29) is 5.69 Å². The van der Waals surface area contributed by atoms with Crippen LogP contribution in [-0.2, 0) is 0 Å². The predicted octanol–water partition coefficient (Wildman–Crippen LogP) is 3.15. The maximum absolute atomic E-state index is 10.5. The third-order valence-electron chi connectivity index (χ3n) is 1.62. The Morgan fingerprint density at radius 3 is 3.00 bits per heavy atom. The van der Waals surface area contributed by atoms with Crippen molar-refractivity contribution in [2.24, 2.45) is 5.10 Å². The summed E-state index contributed by atoms with van der Waals surface area (Å²) in [7, 11) is 0. The Kier molecular flexibility index (Phi) is 4.47. The molecule has 0 aliphatic heterocycles. The summed E-state index contributed by atoms with van der Waals surface area (Å²) in [6.07, 6.45) is 2.57. The first-order valence-corrected chi connectivity index (χ1v) is 5.34. The van der Waals surface area contributed by atoms with E-state index in [9.17, 15) is 10.1 Å². The molecule has 0 fully saturated rings. The van der Waals surface area contributed by atoms with Crippen LogP contribution >= 0.6 is 22.9 Å². The number of non-ortho nitro benzene ring substituents is 1. The molecular weight excluding hydrogens is 309 g/mol. The van der Waals surface area contributed by atoms with E-state index in [0.29, 0.717) is 5.69 Å². The Bertz CT molecular complexity index is 381. The second kappa shape index (κ2) is 5.64. The van der Waals surface area contributed by atoms with Crippen molar-refractivity contribution < 1.29 is 4.92 Å². The Morgan fingerprint density at radius 1 is 1.67 bits per heavy atom. The third-order valence-corrected chi connectivity index (χ3v) is 2.43. The molecule has 0 aliphatic rings. The smallest absolute Gasteiger partial charge is 0.258 e. The fourth-order valence-electron chi connectivity index (χ4n) is 0.941. The fourth-order valence-corrected chi connectivity index (χ4v) is 1.42. The molecule has 0 spiro atoms. The van der Waals surface area contributed by atoms with Gasteiger partial charge in [-0.2, -0.15) is 5.10 Å². The third kappa shape index (κ3) is 3.46. The standard InChI is InChI=1S/C9H10IN3O2/c1-2-6-11-12(10)8-4-3-5-9(7-8)13(14)15/h3-7H,2H2,1H3. The second-order valence-electron chi connectivity index (χ2n) is 2.74. The zero-order chi connectivity index (χ0) is 11.3. The number of nitro groups is 1. The van der Waals surface area contributed by atoms with Crippen LogP contribution in [0.5, 0.6) is 0 Å². The first kappa shape index (κ1) is 11.9. The topological polar surface area (TPSA) is 58.7 Å². The van der Waals surface area contributed by atoms with Gasteiger partial charge in [0.1, 0.15) is 0 Å². The number of rotatable bonds is 4. The Hall–Kier alpha value is -1.18. The average Bonchev–Trinajstić information content (AvgIpc) is 2.26. The van der Waals surface area contributed by atoms with Gasteiger partial charge in [-0.15, -0.1) is 0 Å². The molecule has 0 aliphatic carbocycles. The predicted molar refractivity (Wildman–Crippen MR) is 68.4 cm³/mol. The van der Waals surface area contributed by atoms with Crippen molar-refractivity contribution in [2.45, 2.75) is 13.3 Å². The van der Waals surface area contributed by atoms with E-state index in [1.165, 1.54) is 12.1 Å². The van der Waals surface area contributed by atoms with Crippen molar-refractivity contribution in [3.05, 3.63) is 34.4 Å². The number of hydrazone groups is 1. The van der Waals surface area contributed by atoms with Crippen LogP contribution in [-0.4, -0.2) is 11.1 Å². The van der Waals surface area contributed by atoms with Gasteiger partial charge < -0.3 is 0 Å². The van der Waals surface area contributed by atoms with E-state index >= 15 is 0 Å². The van der Waals surface area contributed by atoms with Gasteiger partial charge >= 0.3 is 0 Å². The molecule has 0 heterocycles. The van der Waals surface area contributed by atoms with Crippen molar-refractivity contribution in [2.75, 3.05) is 3.22 Å². The van der Waals surface area contributed by atoms with Gasteiger partial charge in [0, 0.05) is 18.3 Å². The van der Waals surface area contributed by atoms with Gasteiger partial charge in [0.05, 0.1) is 33.5 Å². The summed E-state index contributed by atoms with van der Waals surface area (Å²) in [6.45, 7) is 1.97. The number of nitrogens with zero attached hydrogens (tertiary/aromatic N) is 3. The van der Waals surface area contributed by atoms with Gasteiger partial charge in [0.25, 0.3) is 5.69 Å². The molecule has 0 saturated carbocycles. The summed E-state index contributed by atoms with van der Waals surface area (Å²) < 4.78 is 1.58. The molecule has 0 saturated heterocycles. The lowest BCUT2D eigenvalue weighted by Gasteiger charge is -2.08. The van der Waals surface area contributed by atoms with Gasteiger partial charge in [0.15, 0.2) is 0 Å². The number of halogens is 1. The highest BCUT2D eigenvalue weighted by Gasteiger charge is 2.08. The maximum Gasteiger partial charge on any atom is 0.271 e. The van der Waals surface area contributed by atoms with Crippen LogP contribution in [0.2, 0.25) is 0 Å². The maximum atomic E-state index is 10.5. The molecule has 0 radical (unpaired) electrons. The van der Waals surface area contributed by atoms with E-state index in [1.807, 2.05) is 29.8 Å². The van der Waals surface area contributed by atoms with Crippen LogP contribution in [0.25, 0.3) is 0 Å². The average molecular weight is 319 g/mol. The van der Waals surface area contributed by atoms with Gasteiger partial charge in [0.2, 0.25) is 0 Å². The number of nitro benzene ring substituents is 1. The molecule has 0 atom stereocenters. The molecule has 5 nitrogen and oxygen atoms in total. The molecular formula is C9H10IN3O2. The number of hydrogen-bond donors (Lipinski definition) is 0.